The van der Waals surface area contributed by atoms with Crippen molar-refractivity contribution in [1.29, 1.82) is 0 Å². The minimum absolute atomic E-state index is 0.255. The maximum absolute atomic E-state index is 12.6. The molecule has 0 saturated heterocycles. The van der Waals surface area contributed by atoms with Crippen molar-refractivity contribution in [2.45, 2.75) is 27.2 Å². The van der Waals surface area contributed by atoms with Gasteiger partial charge in [0.05, 0.1) is 0 Å². The van der Waals surface area contributed by atoms with Gasteiger partial charge in [0, 0.05) is 22.9 Å². The second kappa shape index (κ2) is 8.85. The SMILES string of the molecule is Cc1cc(C(=O)Nc2ccc(C)c(C)c2)nc(NCCc2ccc(Cl)cc2)n1. The molecule has 0 unspecified atom stereocenters. The number of carbonyl (C=O) groups is 1. The molecule has 0 aliphatic heterocycles. The van der Waals surface area contributed by atoms with Gasteiger partial charge in [-0.1, -0.05) is 29.8 Å². The molecular weight excluding hydrogens is 372 g/mol. The first-order valence-electron chi connectivity index (χ1n) is 9.13. The molecule has 28 heavy (non-hydrogen) atoms. The third kappa shape index (κ3) is 5.30. The smallest absolute Gasteiger partial charge is 0.274 e. The molecule has 0 aliphatic rings. The number of anilines is 2. The van der Waals surface area contributed by atoms with Crippen LogP contribution in [0.4, 0.5) is 11.6 Å². The lowest BCUT2D eigenvalue weighted by Crippen LogP contribution is -2.17. The number of hydrogen-bond acceptors (Lipinski definition) is 4. The van der Waals surface area contributed by atoms with E-state index in [2.05, 4.69) is 20.6 Å². The molecule has 0 aliphatic carbocycles. The first kappa shape index (κ1) is 19.8. The summed E-state index contributed by atoms with van der Waals surface area (Å²) in [5.74, 6) is 0.189. The zero-order valence-electron chi connectivity index (χ0n) is 16.2. The number of nitrogens with one attached hydrogen (secondary N) is 2. The van der Waals surface area contributed by atoms with Gasteiger partial charge in [-0.2, -0.15) is 0 Å². The zero-order chi connectivity index (χ0) is 20.1. The highest BCUT2D eigenvalue weighted by molar-refractivity contribution is 6.30. The quantitative estimate of drug-likeness (QED) is 0.619. The minimum Gasteiger partial charge on any atom is -0.354 e. The van der Waals surface area contributed by atoms with Gasteiger partial charge in [-0.05, 0) is 74.2 Å². The first-order chi connectivity index (χ1) is 13.4. The van der Waals surface area contributed by atoms with E-state index in [1.807, 2.05) is 63.2 Å². The van der Waals surface area contributed by atoms with Crippen molar-refractivity contribution in [3.63, 3.8) is 0 Å². The molecule has 3 rings (SSSR count). The van der Waals surface area contributed by atoms with Crippen molar-refractivity contribution in [3.8, 4) is 0 Å². The Balaban J connectivity index is 1.65. The molecule has 0 atom stereocenters. The van der Waals surface area contributed by atoms with Crippen LogP contribution in [0.1, 0.15) is 32.9 Å². The van der Waals surface area contributed by atoms with E-state index in [0.29, 0.717) is 18.2 Å². The van der Waals surface area contributed by atoms with Gasteiger partial charge < -0.3 is 10.6 Å². The van der Waals surface area contributed by atoms with E-state index in [9.17, 15) is 4.79 Å². The third-order valence-corrected chi connectivity index (χ3v) is 4.71. The topological polar surface area (TPSA) is 66.9 Å². The highest BCUT2D eigenvalue weighted by Gasteiger charge is 2.11. The van der Waals surface area contributed by atoms with Crippen molar-refractivity contribution in [2.75, 3.05) is 17.2 Å². The fraction of sp³-hybridized carbons (Fsp3) is 0.227. The molecule has 1 aromatic heterocycles. The van der Waals surface area contributed by atoms with Gasteiger partial charge in [0.2, 0.25) is 5.95 Å². The van der Waals surface area contributed by atoms with Crippen molar-refractivity contribution in [3.05, 3.63) is 81.6 Å². The fourth-order valence-electron chi connectivity index (χ4n) is 2.75. The van der Waals surface area contributed by atoms with Gasteiger partial charge in [0.1, 0.15) is 5.69 Å². The molecule has 0 fully saturated rings. The van der Waals surface area contributed by atoms with Gasteiger partial charge in [-0.3, -0.25) is 4.79 Å². The van der Waals surface area contributed by atoms with E-state index < -0.39 is 0 Å². The summed E-state index contributed by atoms with van der Waals surface area (Å²) < 4.78 is 0. The second-order valence-corrected chi connectivity index (χ2v) is 7.21. The number of halogens is 1. The lowest BCUT2D eigenvalue weighted by atomic mass is 10.1. The number of aromatic nitrogens is 2. The molecule has 3 aromatic rings. The first-order valence-corrected chi connectivity index (χ1v) is 9.51. The number of rotatable bonds is 6. The molecule has 0 radical (unpaired) electrons. The maximum Gasteiger partial charge on any atom is 0.274 e. The molecule has 2 N–H and O–H groups in total. The number of nitrogens with zero attached hydrogens (tertiary/aromatic N) is 2. The van der Waals surface area contributed by atoms with Crippen LogP contribution < -0.4 is 10.6 Å². The summed E-state index contributed by atoms with van der Waals surface area (Å²) in [5, 5.41) is 6.81. The zero-order valence-corrected chi connectivity index (χ0v) is 17.0. The predicted molar refractivity (Wildman–Crippen MR) is 114 cm³/mol. The van der Waals surface area contributed by atoms with Gasteiger partial charge >= 0.3 is 0 Å². The lowest BCUT2D eigenvalue weighted by molar-refractivity contribution is 0.102. The van der Waals surface area contributed by atoms with Crippen LogP contribution in [-0.2, 0) is 6.42 Å². The Hall–Kier alpha value is -2.92. The van der Waals surface area contributed by atoms with Crippen LogP contribution in [0.5, 0.6) is 0 Å². The van der Waals surface area contributed by atoms with Gasteiger partial charge in [-0.15, -0.1) is 0 Å². The predicted octanol–water partition coefficient (Wildman–Crippen LogP) is 4.96. The summed E-state index contributed by atoms with van der Waals surface area (Å²) in [5.41, 5.74) is 5.29. The minimum atomic E-state index is -0.255. The molecule has 5 nitrogen and oxygen atoms in total. The number of amides is 1. The standard InChI is InChI=1S/C22H23ClN4O/c1-14-4-9-19(12-15(14)2)26-21(28)20-13-16(3)25-22(27-20)24-11-10-17-5-7-18(23)8-6-17/h4-9,12-13H,10-11H2,1-3H3,(H,26,28)(H,24,25,27). The van der Waals surface area contributed by atoms with Crippen molar-refractivity contribution >= 4 is 29.1 Å². The molecule has 0 saturated carbocycles. The third-order valence-electron chi connectivity index (χ3n) is 4.46. The Bertz CT molecular complexity index is 986. The monoisotopic (exact) mass is 394 g/mol. The molecule has 1 amide bonds. The van der Waals surface area contributed by atoms with Crippen LogP contribution in [0.15, 0.2) is 48.5 Å². The van der Waals surface area contributed by atoms with Crippen LogP contribution in [0.25, 0.3) is 0 Å². The van der Waals surface area contributed by atoms with E-state index in [1.165, 1.54) is 5.56 Å². The van der Waals surface area contributed by atoms with E-state index >= 15 is 0 Å². The largest absolute Gasteiger partial charge is 0.354 e. The van der Waals surface area contributed by atoms with E-state index in [-0.39, 0.29) is 5.91 Å². The van der Waals surface area contributed by atoms with Crippen LogP contribution in [0.3, 0.4) is 0 Å². The average molecular weight is 395 g/mol. The summed E-state index contributed by atoms with van der Waals surface area (Å²) >= 11 is 5.91. The molecule has 144 valence electrons. The Morgan fingerprint density at radius 3 is 2.43 bits per heavy atom. The van der Waals surface area contributed by atoms with Crippen molar-refractivity contribution in [2.24, 2.45) is 0 Å². The summed E-state index contributed by atoms with van der Waals surface area (Å²) in [7, 11) is 0. The van der Waals surface area contributed by atoms with Crippen LogP contribution in [-0.4, -0.2) is 22.4 Å². The molecular formula is C22H23ClN4O. The summed E-state index contributed by atoms with van der Waals surface area (Å²) in [6.07, 6.45) is 0.804. The second-order valence-electron chi connectivity index (χ2n) is 6.77. The van der Waals surface area contributed by atoms with Crippen molar-refractivity contribution in [1.82, 2.24) is 9.97 Å². The average Bonchev–Trinajstić information content (AvgIpc) is 2.66. The summed E-state index contributed by atoms with van der Waals surface area (Å²) in [6.45, 7) is 6.56. The highest BCUT2D eigenvalue weighted by Crippen LogP contribution is 2.16. The van der Waals surface area contributed by atoms with Gasteiger partial charge in [-0.25, -0.2) is 9.97 Å². The molecule has 2 aromatic carbocycles. The van der Waals surface area contributed by atoms with Gasteiger partial charge in [0.25, 0.3) is 5.91 Å². The van der Waals surface area contributed by atoms with Crippen LogP contribution in [0, 0.1) is 20.8 Å². The number of hydrogen-bond donors (Lipinski definition) is 2. The Kier molecular flexibility index (Phi) is 6.26. The van der Waals surface area contributed by atoms with E-state index in [0.717, 1.165) is 34.0 Å². The molecule has 0 spiro atoms. The number of aryl methyl sites for hydroxylation is 3. The highest BCUT2D eigenvalue weighted by atomic mass is 35.5. The maximum atomic E-state index is 12.6. The van der Waals surface area contributed by atoms with E-state index in [1.54, 1.807) is 6.07 Å². The number of carbonyl (C=O) groups excluding carboxylic acids is 1. The lowest BCUT2D eigenvalue weighted by Gasteiger charge is -2.10. The van der Waals surface area contributed by atoms with E-state index in [4.69, 9.17) is 11.6 Å². The summed E-state index contributed by atoms with van der Waals surface area (Å²) in [4.78, 5) is 21.3. The van der Waals surface area contributed by atoms with Crippen LogP contribution in [0.2, 0.25) is 5.02 Å². The van der Waals surface area contributed by atoms with Crippen LogP contribution >= 0.6 is 11.6 Å². The normalized spacial score (nSPS) is 10.6. The Labute approximate surface area is 170 Å². The molecule has 6 heteroatoms. The fourth-order valence-corrected chi connectivity index (χ4v) is 2.87. The Morgan fingerprint density at radius 2 is 1.71 bits per heavy atom. The number of benzene rings is 2. The van der Waals surface area contributed by atoms with Gasteiger partial charge in [0.15, 0.2) is 0 Å². The van der Waals surface area contributed by atoms with Crippen molar-refractivity contribution < 1.29 is 4.79 Å². The Morgan fingerprint density at radius 1 is 0.964 bits per heavy atom. The summed E-state index contributed by atoms with van der Waals surface area (Å²) in [6, 6.07) is 15.2. The molecule has 0 bridgehead atoms. The molecule has 1 heterocycles.